The molecule has 0 spiro atoms. The second-order valence-corrected chi connectivity index (χ2v) is 7.63. The van der Waals surface area contributed by atoms with Crippen LogP contribution in [0.25, 0.3) is 0 Å². The molecule has 1 aromatic rings. The van der Waals surface area contributed by atoms with Crippen LogP contribution in [0, 0.1) is 6.92 Å². The second-order valence-electron chi connectivity index (χ2n) is 4.41. The molecule has 1 heterocycles. The number of aromatic amines is 1. The smallest absolute Gasteiger partial charge is 0.305 e. The summed E-state index contributed by atoms with van der Waals surface area (Å²) in [6, 6.07) is 0. The number of aromatic nitrogens is 1. The van der Waals surface area contributed by atoms with E-state index in [1.807, 2.05) is 19.0 Å². The van der Waals surface area contributed by atoms with Crippen LogP contribution in [0.4, 0.5) is 0 Å². The average molecular weight is 293 g/mol. The number of nitrogens with one attached hydrogen (secondary N) is 1. The summed E-state index contributed by atoms with van der Waals surface area (Å²) in [7, 11) is 1.87. The summed E-state index contributed by atoms with van der Waals surface area (Å²) in [4.78, 5) is 15.3. The molecule has 0 aromatic carbocycles. The Morgan fingerprint density at radius 1 is 1.22 bits per heavy atom. The van der Waals surface area contributed by atoms with Crippen molar-refractivity contribution in [3.63, 3.8) is 0 Å². The van der Waals surface area contributed by atoms with Crippen molar-refractivity contribution in [3.05, 3.63) is 15.4 Å². The van der Waals surface area contributed by atoms with Gasteiger partial charge in [-0.05, 0) is 34.0 Å². The van der Waals surface area contributed by atoms with Crippen molar-refractivity contribution in [2.45, 2.75) is 17.6 Å². The third-order valence-corrected chi connectivity index (χ3v) is 5.94. The number of aryl methyl sites for hydroxylation is 1. The van der Waals surface area contributed by atoms with Gasteiger partial charge in [-0.3, -0.25) is 4.79 Å². The molecule has 6 nitrogen and oxygen atoms in total. The molecule has 0 amide bonds. The Hall–Kier alpha value is -0.700. The monoisotopic (exact) mass is 293 g/mol. The number of sulfonamides is 1. The standard InChI is InChI=1S/C10H19N3O3S2/c1-8-9(17-10(14)11-8)18(15,16)13(4)7-5-6-12(2)3/h5-7H2,1-4H3,(H,11,14). The molecule has 0 atom stereocenters. The Morgan fingerprint density at radius 3 is 2.28 bits per heavy atom. The van der Waals surface area contributed by atoms with Crippen LogP contribution < -0.4 is 4.87 Å². The van der Waals surface area contributed by atoms with Crippen molar-refractivity contribution in [2.75, 3.05) is 34.2 Å². The van der Waals surface area contributed by atoms with Crippen molar-refractivity contribution in [1.82, 2.24) is 14.2 Å². The molecule has 0 aliphatic carbocycles. The van der Waals surface area contributed by atoms with Gasteiger partial charge in [0.05, 0.1) is 0 Å². The van der Waals surface area contributed by atoms with Crippen LogP contribution in [0.15, 0.2) is 9.00 Å². The maximum Gasteiger partial charge on any atom is 0.305 e. The number of rotatable bonds is 6. The Labute approximate surface area is 111 Å². The second kappa shape index (κ2) is 5.96. The van der Waals surface area contributed by atoms with Gasteiger partial charge >= 0.3 is 4.87 Å². The van der Waals surface area contributed by atoms with Crippen molar-refractivity contribution in [3.8, 4) is 0 Å². The van der Waals surface area contributed by atoms with Crippen LogP contribution in [0.1, 0.15) is 12.1 Å². The lowest BCUT2D eigenvalue weighted by atomic mass is 10.4. The molecule has 0 fully saturated rings. The highest BCUT2D eigenvalue weighted by molar-refractivity contribution is 7.91. The zero-order valence-electron chi connectivity index (χ0n) is 11.1. The first-order valence-corrected chi connectivity index (χ1v) is 7.81. The first-order chi connectivity index (χ1) is 8.25. The lowest BCUT2D eigenvalue weighted by Crippen LogP contribution is -2.29. The first kappa shape index (κ1) is 15.4. The summed E-state index contributed by atoms with van der Waals surface area (Å²) in [5.74, 6) is 0. The predicted octanol–water partition coefficient (Wildman–Crippen LogP) is 0.317. The predicted molar refractivity (Wildman–Crippen MR) is 72.7 cm³/mol. The van der Waals surface area contributed by atoms with Gasteiger partial charge < -0.3 is 9.88 Å². The maximum atomic E-state index is 12.2. The molecular formula is C10H19N3O3S2. The molecular weight excluding hydrogens is 274 g/mol. The minimum absolute atomic E-state index is 0.111. The zero-order chi connectivity index (χ0) is 13.9. The van der Waals surface area contributed by atoms with E-state index in [2.05, 4.69) is 4.98 Å². The highest BCUT2D eigenvalue weighted by Gasteiger charge is 2.25. The van der Waals surface area contributed by atoms with E-state index in [0.29, 0.717) is 12.2 Å². The fourth-order valence-electron chi connectivity index (χ4n) is 1.51. The molecule has 0 saturated heterocycles. The van der Waals surface area contributed by atoms with Crippen molar-refractivity contribution >= 4 is 21.4 Å². The van der Waals surface area contributed by atoms with Crippen molar-refractivity contribution in [2.24, 2.45) is 0 Å². The Bertz CT molecular complexity index is 545. The molecule has 1 aromatic heterocycles. The maximum absolute atomic E-state index is 12.2. The quantitative estimate of drug-likeness (QED) is 0.819. The molecule has 0 unspecified atom stereocenters. The van der Waals surface area contributed by atoms with Crippen molar-refractivity contribution in [1.29, 1.82) is 0 Å². The van der Waals surface area contributed by atoms with E-state index in [9.17, 15) is 13.2 Å². The minimum atomic E-state index is -3.54. The number of nitrogens with zero attached hydrogens (tertiary/aromatic N) is 2. The molecule has 0 radical (unpaired) electrons. The molecule has 0 aliphatic heterocycles. The Morgan fingerprint density at radius 2 is 1.83 bits per heavy atom. The molecule has 1 N–H and O–H groups in total. The Balaban J connectivity index is 2.80. The summed E-state index contributed by atoms with van der Waals surface area (Å²) in [6.07, 6.45) is 0.751. The normalized spacial score (nSPS) is 12.6. The van der Waals surface area contributed by atoms with Gasteiger partial charge in [0.25, 0.3) is 10.0 Å². The van der Waals surface area contributed by atoms with Gasteiger partial charge in [0.1, 0.15) is 0 Å². The van der Waals surface area contributed by atoms with E-state index in [1.54, 1.807) is 6.92 Å². The minimum Gasteiger partial charge on any atom is -0.315 e. The number of H-pyrrole nitrogens is 1. The van der Waals surface area contributed by atoms with E-state index < -0.39 is 10.0 Å². The average Bonchev–Trinajstić information content (AvgIpc) is 2.57. The van der Waals surface area contributed by atoms with Crippen LogP contribution >= 0.6 is 11.3 Å². The molecule has 18 heavy (non-hydrogen) atoms. The summed E-state index contributed by atoms with van der Waals surface area (Å²) < 4.78 is 25.8. The van der Waals surface area contributed by atoms with Gasteiger partial charge in [-0.1, -0.05) is 11.3 Å². The van der Waals surface area contributed by atoms with E-state index in [4.69, 9.17) is 0 Å². The van der Waals surface area contributed by atoms with E-state index in [1.165, 1.54) is 11.4 Å². The number of thiazole rings is 1. The fraction of sp³-hybridized carbons (Fsp3) is 0.700. The molecule has 104 valence electrons. The molecule has 8 heteroatoms. The molecule has 0 saturated carbocycles. The third kappa shape index (κ3) is 3.64. The van der Waals surface area contributed by atoms with Gasteiger partial charge in [0.15, 0.2) is 4.21 Å². The fourth-order valence-corrected chi connectivity index (χ4v) is 4.20. The summed E-state index contributed by atoms with van der Waals surface area (Å²) in [5, 5.41) is 0. The van der Waals surface area contributed by atoms with Crippen LogP contribution in [0.3, 0.4) is 0 Å². The Kier molecular flexibility index (Phi) is 5.09. The van der Waals surface area contributed by atoms with Crippen molar-refractivity contribution < 1.29 is 8.42 Å². The van der Waals surface area contributed by atoms with Crippen LogP contribution in [0.2, 0.25) is 0 Å². The first-order valence-electron chi connectivity index (χ1n) is 5.56. The molecule has 1 rings (SSSR count). The van der Waals surface area contributed by atoms with Gasteiger partial charge in [0, 0.05) is 19.3 Å². The van der Waals surface area contributed by atoms with Gasteiger partial charge in [-0.25, -0.2) is 12.7 Å². The largest absolute Gasteiger partial charge is 0.315 e. The highest BCUT2D eigenvalue weighted by Crippen LogP contribution is 2.19. The van der Waals surface area contributed by atoms with Crippen LogP contribution in [-0.2, 0) is 10.0 Å². The SMILES string of the molecule is Cc1[nH]c(=O)sc1S(=O)(=O)N(C)CCCN(C)C. The number of hydrogen-bond acceptors (Lipinski definition) is 5. The van der Waals surface area contributed by atoms with Gasteiger partial charge in [-0.15, -0.1) is 0 Å². The van der Waals surface area contributed by atoms with Gasteiger partial charge in [0.2, 0.25) is 0 Å². The van der Waals surface area contributed by atoms with E-state index >= 15 is 0 Å². The summed E-state index contributed by atoms with van der Waals surface area (Å²) >= 11 is 0.738. The molecule has 0 aliphatic rings. The van der Waals surface area contributed by atoms with Gasteiger partial charge in [-0.2, -0.15) is 0 Å². The van der Waals surface area contributed by atoms with Crippen LogP contribution in [-0.4, -0.2) is 56.8 Å². The van der Waals surface area contributed by atoms with E-state index in [0.717, 1.165) is 24.3 Å². The number of hydrogen-bond donors (Lipinski definition) is 1. The highest BCUT2D eigenvalue weighted by atomic mass is 32.2. The summed E-state index contributed by atoms with van der Waals surface area (Å²) in [5.41, 5.74) is 0.407. The molecule has 0 bridgehead atoms. The lowest BCUT2D eigenvalue weighted by Gasteiger charge is -2.17. The third-order valence-electron chi connectivity index (χ3n) is 2.50. The summed E-state index contributed by atoms with van der Waals surface area (Å²) in [6.45, 7) is 2.85. The lowest BCUT2D eigenvalue weighted by molar-refractivity contribution is 0.370. The topological polar surface area (TPSA) is 73.5 Å². The zero-order valence-corrected chi connectivity index (χ0v) is 12.7. The van der Waals surface area contributed by atoms with E-state index in [-0.39, 0.29) is 9.08 Å². The van der Waals surface area contributed by atoms with Crippen LogP contribution in [0.5, 0.6) is 0 Å².